The van der Waals surface area contributed by atoms with E-state index >= 15 is 0 Å². The van der Waals surface area contributed by atoms with E-state index < -0.39 is 30.5 Å². The van der Waals surface area contributed by atoms with Crippen LogP contribution in [0.3, 0.4) is 0 Å². The fourth-order valence-corrected chi connectivity index (χ4v) is 2.64. The van der Waals surface area contributed by atoms with Crippen molar-refractivity contribution in [1.82, 2.24) is 10.3 Å². The zero-order valence-electron chi connectivity index (χ0n) is 15.2. The monoisotopic (exact) mass is 360 g/mol. The summed E-state index contributed by atoms with van der Waals surface area (Å²) in [5, 5.41) is 3.51. The molecule has 7 nitrogen and oxygen atoms in total. The average molecular weight is 360 g/mol. The minimum Gasteiger partial charge on any atom is -0.467 e. The summed E-state index contributed by atoms with van der Waals surface area (Å²) in [4.78, 5) is 38.9. The molecule has 1 aromatic heterocycles. The number of benzene rings is 1. The molecule has 0 saturated heterocycles. The minimum atomic E-state index is -0.759. The third kappa shape index (κ3) is 4.84. The molecule has 1 aromatic carbocycles. The molecule has 0 unspecified atom stereocenters. The lowest BCUT2D eigenvalue weighted by atomic mass is 9.99. The van der Waals surface area contributed by atoms with Crippen molar-refractivity contribution in [2.45, 2.75) is 32.7 Å². The van der Waals surface area contributed by atoms with Gasteiger partial charge in [0.15, 0.2) is 6.61 Å². The van der Waals surface area contributed by atoms with Crippen LogP contribution in [-0.4, -0.2) is 42.6 Å². The normalized spacial score (nSPS) is 13.0. The molecule has 0 saturated carbocycles. The number of hydrogen-bond donors (Lipinski definition) is 2. The Morgan fingerprint density at radius 1 is 1.23 bits per heavy atom. The largest absolute Gasteiger partial charge is 0.467 e. The fourth-order valence-electron chi connectivity index (χ4n) is 2.64. The number of carbonyl (C=O) groups is 3. The first-order valence-electron chi connectivity index (χ1n) is 8.54. The molecule has 2 N–H and O–H groups in total. The summed E-state index contributed by atoms with van der Waals surface area (Å²) in [5.41, 5.74) is 1.74. The summed E-state index contributed by atoms with van der Waals surface area (Å²) in [6.07, 6.45) is 2.51. The predicted octanol–water partition coefficient (Wildman–Crippen LogP) is 1.96. The Bertz CT molecular complexity index is 783. The van der Waals surface area contributed by atoms with Gasteiger partial charge in [-0.3, -0.25) is 9.59 Å². The highest BCUT2D eigenvalue weighted by atomic mass is 16.5. The molecule has 1 heterocycles. The summed E-state index contributed by atoms with van der Waals surface area (Å²) in [5.74, 6) is -1.65. The van der Waals surface area contributed by atoms with E-state index in [4.69, 9.17) is 9.47 Å². The number of hydrogen-bond acceptors (Lipinski definition) is 5. The first-order valence-corrected chi connectivity index (χ1v) is 8.54. The molecule has 0 fully saturated rings. The van der Waals surface area contributed by atoms with Crippen molar-refractivity contribution in [2.24, 2.45) is 5.92 Å². The molecule has 0 bridgehead atoms. The van der Waals surface area contributed by atoms with Crippen molar-refractivity contribution in [1.29, 1.82) is 0 Å². The standard InChI is InChI=1S/C19H24N2O5/c1-4-12(2)18(19(24)25-3)21-16(22)11-26-17(23)9-13-10-20-15-8-6-5-7-14(13)15/h5-8,10,12,18,20H,4,9,11H2,1-3H3,(H,21,22)/t12-,18+/m0/s1. The van der Waals surface area contributed by atoms with Gasteiger partial charge in [-0.2, -0.15) is 0 Å². The maximum absolute atomic E-state index is 12.0. The van der Waals surface area contributed by atoms with Crippen LogP contribution in [0.15, 0.2) is 30.5 Å². The van der Waals surface area contributed by atoms with E-state index in [0.717, 1.165) is 16.5 Å². The third-order valence-corrected chi connectivity index (χ3v) is 4.36. The van der Waals surface area contributed by atoms with Crippen LogP contribution in [0.4, 0.5) is 0 Å². The van der Waals surface area contributed by atoms with Crippen LogP contribution in [0, 0.1) is 5.92 Å². The number of aromatic amines is 1. The highest BCUT2D eigenvalue weighted by Crippen LogP contribution is 2.18. The van der Waals surface area contributed by atoms with Gasteiger partial charge in [-0.15, -0.1) is 0 Å². The van der Waals surface area contributed by atoms with Crippen LogP contribution in [-0.2, 0) is 30.3 Å². The molecule has 2 rings (SSSR count). The number of methoxy groups -OCH3 is 1. The van der Waals surface area contributed by atoms with Crippen LogP contribution < -0.4 is 5.32 Å². The van der Waals surface area contributed by atoms with Gasteiger partial charge in [-0.25, -0.2) is 4.79 Å². The lowest BCUT2D eigenvalue weighted by Crippen LogP contribution is -2.47. The Kier molecular flexibility index (Phi) is 6.77. The molecule has 7 heteroatoms. The summed E-state index contributed by atoms with van der Waals surface area (Å²) in [6, 6.07) is 6.86. The lowest BCUT2D eigenvalue weighted by Gasteiger charge is -2.21. The number of ether oxygens (including phenoxy) is 2. The number of H-pyrrole nitrogens is 1. The summed E-state index contributed by atoms with van der Waals surface area (Å²) in [7, 11) is 1.27. The fraction of sp³-hybridized carbons (Fsp3) is 0.421. The van der Waals surface area contributed by atoms with Crippen molar-refractivity contribution in [3.8, 4) is 0 Å². The molecule has 0 aliphatic heterocycles. The van der Waals surface area contributed by atoms with Gasteiger partial charge in [-0.1, -0.05) is 38.5 Å². The molecule has 0 spiro atoms. The Balaban J connectivity index is 1.88. The van der Waals surface area contributed by atoms with E-state index in [2.05, 4.69) is 10.3 Å². The number of carbonyl (C=O) groups excluding carboxylic acids is 3. The Hall–Kier alpha value is -2.83. The van der Waals surface area contributed by atoms with Crippen LogP contribution in [0.5, 0.6) is 0 Å². The number of rotatable bonds is 8. The third-order valence-electron chi connectivity index (χ3n) is 4.36. The Morgan fingerprint density at radius 3 is 2.65 bits per heavy atom. The van der Waals surface area contributed by atoms with Crippen LogP contribution in [0.2, 0.25) is 0 Å². The second kappa shape index (κ2) is 9.03. The molecule has 0 aliphatic carbocycles. The van der Waals surface area contributed by atoms with Crippen molar-refractivity contribution in [2.75, 3.05) is 13.7 Å². The average Bonchev–Trinajstić information content (AvgIpc) is 3.06. The van der Waals surface area contributed by atoms with E-state index in [0.29, 0.717) is 6.42 Å². The minimum absolute atomic E-state index is 0.0586. The van der Waals surface area contributed by atoms with Gasteiger partial charge in [0.2, 0.25) is 0 Å². The van der Waals surface area contributed by atoms with Crippen LogP contribution in [0.25, 0.3) is 10.9 Å². The quantitative estimate of drug-likeness (QED) is 0.701. The first-order chi connectivity index (χ1) is 12.5. The summed E-state index contributed by atoms with van der Waals surface area (Å²) < 4.78 is 9.74. The first kappa shape index (κ1) is 19.5. The zero-order chi connectivity index (χ0) is 19.1. The molecular weight excluding hydrogens is 336 g/mol. The highest BCUT2D eigenvalue weighted by molar-refractivity contribution is 5.89. The van der Waals surface area contributed by atoms with Crippen LogP contribution >= 0.6 is 0 Å². The smallest absolute Gasteiger partial charge is 0.328 e. The van der Waals surface area contributed by atoms with E-state index in [-0.39, 0.29) is 12.3 Å². The number of para-hydroxylation sites is 1. The van der Waals surface area contributed by atoms with E-state index in [1.165, 1.54) is 7.11 Å². The highest BCUT2D eigenvalue weighted by Gasteiger charge is 2.27. The second-order valence-corrected chi connectivity index (χ2v) is 6.15. The molecular formula is C19H24N2O5. The SMILES string of the molecule is CC[C@H](C)[C@@H](NC(=O)COC(=O)Cc1c[nH]c2ccccc12)C(=O)OC. The molecule has 140 valence electrons. The van der Waals surface area contributed by atoms with Crippen molar-refractivity contribution in [3.05, 3.63) is 36.0 Å². The van der Waals surface area contributed by atoms with Crippen molar-refractivity contribution >= 4 is 28.7 Å². The van der Waals surface area contributed by atoms with Gasteiger partial charge in [0.25, 0.3) is 5.91 Å². The molecule has 0 radical (unpaired) electrons. The Labute approximate surface area is 152 Å². The van der Waals surface area contributed by atoms with Gasteiger partial charge in [0, 0.05) is 17.1 Å². The maximum Gasteiger partial charge on any atom is 0.328 e. The van der Waals surface area contributed by atoms with E-state index in [1.54, 1.807) is 6.20 Å². The molecule has 26 heavy (non-hydrogen) atoms. The number of fused-ring (bicyclic) bond motifs is 1. The van der Waals surface area contributed by atoms with Gasteiger partial charge in [0.1, 0.15) is 6.04 Å². The van der Waals surface area contributed by atoms with Crippen molar-refractivity contribution in [3.63, 3.8) is 0 Å². The molecule has 2 aromatic rings. The number of amides is 1. The van der Waals surface area contributed by atoms with Crippen LogP contribution in [0.1, 0.15) is 25.8 Å². The van der Waals surface area contributed by atoms with Gasteiger partial charge < -0.3 is 19.8 Å². The summed E-state index contributed by atoms with van der Waals surface area (Å²) >= 11 is 0. The molecule has 0 aliphatic rings. The number of esters is 2. The maximum atomic E-state index is 12.0. The van der Waals surface area contributed by atoms with Gasteiger partial charge in [0.05, 0.1) is 13.5 Å². The lowest BCUT2D eigenvalue weighted by molar-refractivity contribution is -0.150. The molecule has 2 atom stereocenters. The zero-order valence-corrected chi connectivity index (χ0v) is 15.2. The summed E-state index contributed by atoms with van der Waals surface area (Å²) in [6.45, 7) is 3.31. The van der Waals surface area contributed by atoms with Gasteiger partial charge in [-0.05, 0) is 17.5 Å². The van der Waals surface area contributed by atoms with Crippen molar-refractivity contribution < 1.29 is 23.9 Å². The van der Waals surface area contributed by atoms with E-state index in [9.17, 15) is 14.4 Å². The number of nitrogens with one attached hydrogen (secondary N) is 2. The second-order valence-electron chi connectivity index (χ2n) is 6.15. The van der Waals surface area contributed by atoms with Gasteiger partial charge >= 0.3 is 11.9 Å². The Morgan fingerprint density at radius 2 is 1.96 bits per heavy atom. The molecule has 1 amide bonds. The topological polar surface area (TPSA) is 97.5 Å². The van der Waals surface area contributed by atoms with E-state index in [1.807, 2.05) is 38.1 Å². The number of aromatic nitrogens is 1. The predicted molar refractivity (Wildman–Crippen MR) is 96.4 cm³/mol.